The van der Waals surface area contributed by atoms with Crippen LogP contribution >= 0.6 is 0 Å². The van der Waals surface area contributed by atoms with Crippen molar-refractivity contribution >= 4 is 11.9 Å². The summed E-state index contributed by atoms with van der Waals surface area (Å²) in [6, 6.07) is 0. The van der Waals surface area contributed by atoms with Crippen LogP contribution in [-0.2, 0) is 9.59 Å². The minimum Gasteiger partial charge on any atom is -0.481 e. The number of hydrogen-bond donors (Lipinski definition) is 2. The summed E-state index contributed by atoms with van der Waals surface area (Å²) in [5.74, 6) is -2.15. The Morgan fingerprint density at radius 2 is 1.27 bits per heavy atom. The first-order valence-electron chi connectivity index (χ1n) is 2.77. The van der Waals surface area contributed by atoms with Gasteiger partial charge in [0.15, 0.2) is 0 Å². The van der Waals surface area contributed by atoms with Crippen LogP contribution < -0.4 is 29.6 Å². The zero-order valence-electron chi connectivity index (χ0n) is 6.83. The summed E-state index contributed by atoms with van der Waals surface area (Å²) in [4.78, 5) is 19.3. The summed E-state index contributed by atoms with van der Waals surface area (Å²) in [5.41, 5.74) is 0. The minimum atomic E-state index is -1.08. The molecule has 0 aromatic heterocycles. The standard InChI is InChI=1S/C4H6O4.C2H5.Na/c5-3(6)1-2-4(7)8;1-2;/h1-2H2,(H,5,6)(H,7,8);1H2,2H3;/q;-1;+1. The Bertz CT molecular complexity index is 99.1. The molecule has 0 fully saturated rings. The second-order valence-corrected chi connectivity index (χ2v) is 1.29. The van der Waals surface area contributed by atoms with Gasteiger partial charge in [-0.25, -0.2) is 0 Å². The van der Waals surface area contributed by atoms with Gasteiger partial charge in [0.2, 0.25) is 0 Å². The quantitative estimate of drug-likeness (QED) is 0.371. The molecule has 2 N–H and O–H groups in total. The third-order valence-corrected chi connectivity index (χ3v) is 0.553. The fourth-order valence-corrected chi connectivity index (χ4v) is 0.214. The van der Waals surface area contributed by atoms with Gasteiger partial charge in [-0.15, -0.1) is 0 Å². The molecule has 0 unspecified atom stereocenters. The van der Waals surface area contributed by atoms with Gasteiger partial charge in [0.25, 0.3) is 0 Å². The van der Waals surface area contributed by atoms with Crippen molar-refractivity contribution in [3.05, 3.63) is 6.92 Å². The predicted octanol–water partition coefficient (Wildman–Crippen LogP) is -2.22. The van der Waals surface area contributed by atoms with Crippen LogP contribution in [0.25, 0.3) is 0 Å². The van der Waals surface area contributed by atoms with Gasteiger partial charge in [-0.05, 0) is 0 Å². The molecule has 0 aliphatic heterocycles. The van der Waals surface area contributed by atoms with Crippen molar-refractivity contribution in [3.63, 3.8) is 0 Å². The predicted molar refractivity (Wildman–Crippen MR) is 35.5 cm³/mol. The smallest absolute Gasteiger partial charge is 0.481 e. The monoisotopic (exact) mass is 170 g/mol. The van der Waals surface area contributed by atoms with E-state index in [1.807, 2.05) is 0 Å². The summed E-state index contributed by atoms with van der Waals surface area (Å²) in [6.07, 6.45) is -0.593. The molecule has 0 aliphatic rings. The topological polar surface area (TPSA) is 74.6 Å². The summed E-state index contributed by atoms with van der Waals surface area (Å²) >= 11 is 0. The van der Waals surface area contributed by atoms with E-state index >= 15 is 0 Å². The van der Waals surface area contributed by atoms with E-state index in [1.165, 1.54) is 0 Å². The molecule has 4 nitrogen and oxygen atoms in total. The van der Waals surface area contributed by atoms with E-state index in [4.69, 9.17) is 10.2 Å². The van der Waals surface area contributed by atoms with Gasteiger partial charge in [-0.1, -0.05) is 0 Å². The first kappa shape index (κ1) is 17.1. The number of hydrogen-bond acceptors (Lipinski definition) is 2. The van der Waals surface area contributed by atoms with Crippen molar-refractivity contribution in [3.8, 4) is 0 Å². The van der Waals surface area contributed by atoms with E-state index in [2.05, 4.69) is 6.92 Å². The van der Waals surface area contributed by atoms with Gasteiger partial charge in [0, 0.05) is 0 Å². The Hall–Kier alpha value is -0.0600. The van der Waals surface area contributed by atoms with E-state index in [9.17, 15) is 9.59 Å². The Morgan fingerprint density at radius 3 is 1.36 bits per heavy atom. The summed E-state index contributed by atoms with van der Waals surface area (Å²) in [5, 5.41) is 15.8. The zero-order chi connectivity index (χ0) is 8.57. The van der Waals surface area contributed by atoms with Crippen LogP contribution in [-0.4, -0.2) is 22.2 Å². The maximum atomic E-state index is 9.64. The summed E-state index contributed by atoms with van der Waals surface area (Å²) in [7, 11) is 0. The third-order valence-electron chi connectivity index (χ3n) is 0.553. The fourth-order valence-electron chi connectivity index (χ4n) is 0.214. The number of rotatable bonds is 3. The van der Waals surface area contributed by atoms with Crippen molar-refractivity contribution in [2.45, 2.75) is 19.8 Å². The Balaban J connectivity index is -0.000000196. The second kappa shape index (κ2) is 12.6. The van der Waals surface area contributed by atoms with Crippen LogP contribution in [0, 0.1) is 6.92 Å². The van der Waals surface area contributed by atoms with Crippen LogP contribution in [0.2, 0.25) is 0 Å². The van der Waals surface area contributed by atoms with Gasteiger partial charge in [0.05, 0.1) is 12.8 Å². The van der Waals surface area contributed by atoms with E-state index in [-0.39, 0.29) is 42.4 Å². The molecule has 0 aliphatic carbocycles. The molecule has 60 valence electrons. The summed E-state index contributed by atoms with van der Waals surface area (Å²) in [6.45, 7) is 5.00. The maximum absolute atomic E-state index is 9.64. The number of carboxylic acids is 2. The Kier molecular flexibility index (Phi) is 19.6. The molecule has 0 saturated carbocycles. The molecule has 0 heterocycles. The van der Waals surface area contributed by atoms with Gasteiger partial charge in [-0.2, -0.15) is 6.92 Å². The van der Waals surface area contributed by atoms with Gasteiger partial charge >= 0.3 is 41.5 Å². The summed E-state index contributed by atoms with van der Waals surface area (Å²) < 4.78 is 0. The number of carbonyl (C=O) groups is 2. The maximum Gasteiger partial charge on any atom is 1.00 e. The molecule has 0 saturated heterocycles. The molecule has 0 radical (unpaired) electrons. The third kappa shape index (κ3) is 25.7. The number of carboxylic acid groups (broad SMARTS) is 2. The Labute approximate surface area is 87.9 Å². The van der Waals surface area contributed by atoms with Gasteiger partial charge in [-0.3, -0.25) is 9.59 Å². The first-order valence-corrected chi connectivity index (χ1v) is 2.77. The molecule has 0 aromatic rings. The van der Waals surface area contributed by atoms with Crippen LogP contribution in [0.4, 0.5) is 0 Å². The van der Waals surface area contributed by atoms with Crippen LogP contribution in [0.5, 0.6) is 0 Å². The molecule has 11 heavy (non-hydrogen) atoms. The minimum absolute atomic E-state index is 0. The second-order valence-electron chi connectivity index (χ2n) is 1.29. The SMILES string of the molecule is O=C(O)CCC(=O)O.[CH2-]C.[Na+]. The molecular weight excluding hydrogens is 159 g/mol. The van der Waals surface area contributed by atoms with Crippen molar-refractivity contribution < 1.29 is 49.4 Å². The van der Waals surface area contributed by atoms with Gasteiger partial charge < -0.3 is 17.1 Å². The van der Waals surface area contributed by atoms with E-state index < -0.39 is 11.9 Å². The first-order chi connectivity index (χ1) is 4.63. The average Bonchev–Trinajstić information content (AvgIpc) is 1.89. The van der Waals surface area contributed by atoms with Crippen LogP contribution in [0.3, 0.4) is 0 Å². The molecule has 0 amide bonds. The molecule has 5 heteroatoms. The van der Waals surface area contributed by atoms with Crippen molar-refractivity contribution in [1.29, 1.82) is 0 Å². The van der Waals surface area contributed by atoms with Crippen molar-refractivity contribution in [2.75, 3.05) is 0 Å². The molecular formula is C6H11NaO4. The van der Waals surface area contributed by atoms with E-state index in [0.717, 1.165) is 0 Å². The number of aliphatic carboxylic acids is 2. The van der Waals surface area contributed by atoms with Crippen molar-refractivity contribution in [2.24, 2.45) is 0 Å². The zero-order valence-corrected chi connectivity index (χ0v) is 8.83. The molecule has 0 spiro atoms. The van der Waals surface area contributed by atoms with Crippen molar-refractivity contribution in [1.82, 2.24) is 0 Å². The largest absolute Gasteiger partial charge is 1.00 e. The molecule has 0 rings (SSSR count). The van der Waals surface area contributed by atoms with Crippen LogP contribution in [0.15, 0.2) is 0 Å². The Morgan fingerprint density at radius 1 is 1.09 bits per heavy atom. The van der Waals surface area contributed by atoms with Gasteiger partial charge in [0.1, 0.15) is 0 Å². The van der Waals surface area contributed by atoms with Crippen LogP contribution in [0.1, 0.15) is 19.8 Å². The van der Waals surface area contributed by atoms with E-state index in [1.54, 1.807) is 6.92 Å². The fraction of sp³-hybridized carbons (Fsp3) is 0.500. The molecule has 0 aromatic carbocycles. The normalized spacial score (nSPS) is 6.73. The molecule has 0 atom stereocenters. The van der Waals surface area contributed by atoms with E-state index in [0.29, 0.717) is 0 Å². The molecule has 0 bridgehead atoms. The average molecular weight is 170 g/mol.